The van der Waals surface area contributed by atoms with Gasteiger partial charge in [0.2, 0.25) is 0 Å². The first-order valence-corrected chi connectivity index (χ1v) is 3.64. The van der Waals surface area contributed by atoms with Gasteiger partial charge in [-0.2, -0.15) is 42.3 Å². The van der Waals surface area contributed by atoms with Crippen molar-refractivity contribution in [1.82, 2.24) is 0 Å². The van der Waals surface area contributed by atoms with Crippen LogP contribution in [0.15, 0.2) is 30.3 Å². The van der Waals surface area contributed by atoms with Gasteiger partial charge in [-0.3, -0.25) is 0 Å². The van der Waals surface area contributed by atoms with Crippen LogP contribution >= 0.6 is 0 Å². The Labute approximate surface area is 81.8 Å². The fraction of sp³-hybridized carbons (Fsp3) is 0.300. The van der Waals surface area contributed by atoms with Gasteiger partial charge in [0.1, 0.15) is 0 Å². The maximum Gasteiger partial charge on any atom is 2.00 e. The van der Waals surface area contributed by atoms with Crippen molar-refractivity contribution in [1.29, 1.82) is 0 Å². The Morgan fingerprint density at radius 3 is 1.64 bits per heavy atom. The molecule has 0 unspecified atom stereocenters. The topological polar surface area (TPSA) is 0 Å². The first-order valence-electron chi connectivity index (χ1n) is 3.64. The number of hydrogen-bond acceptors (Lipinski definition) is 0. The van der Waals surface area contributed by atoms with E-state index in [1.807, 2.05) is 30.3 Å². The van der Waals surface area contributed by atoms with Crippen LogP contribution < -0.4 is 0 Å². The molecule has 0 aliphatic heterocycles. The second-order valence-electron chi connectivity index (χ2n) is 2.52. The van der Waals surface area contributed by atoms with Crippen molar-refractivity contribution in [3.05, 3.63) is 43.3 Å². The molecule has 0 bridgehead atoms. The fourth-order valence-electron chi connectivity index (χ4n) is 0.460. The van der Waals surface area contributed by atoms with Gasteiger partial charge in [-0.05, 0) is 0 Å². The Morgan fingerprint density at radius 1 is 1.09 bits per heavy atom. The quantitative estimate of drug-likeness (QED) is 0.443. The van der Waals surface area contributed by atoms with Gasteiger partial charge in [-0.25, -0.2) is 0 Å². The summed E-state index contributed by atoms with van der Waals surface area (Å²) in [6.45, 7) is 3.75. The van der Waals surface area contributed by atoms with Crippen LogP contribution in [0.5, 0.6) is 0 Å². The Hall–Kier alpha value is -0.157. The monoisotopic (exact) mass is 196 g/mol. The molecule has 0 saturated heterocycles. The van der Waals surface area contributed by atoms with Gasteiger partial charge in [0.25, 0.3) is 0 Å². The van der Waals surface area contributed by atoms with Crippen LogP contribution in [0.25, 0.3) is 0 Å². The summed E-state index contributed by atoms with van der Waals surface area (Å²) in [6, 6.07) is 12.5. The summed E-state index contributed by atoms with van der Waals surface area (Å²) < 4.78 is 0. The third kappa shape index (κ3) is 7.74. The Kier molecular flexibility index (Phi) is 6.45. The van der Waals surface area contributed by atoms with Crippen molar-refractivity contribution in [2.75, 3.05) is 0 Å². The summed E-state index contributed by atoms with van der Waals surface area (Å²) in [4.78, 5) is 0. The van der Waals surface area contributed by atoms with Crippen molar-refractivity contribution in [3.63, 3.8) is 0 Å². The van der Waals surface area contributed by atoms with E-state index in [-0.39, 0.29) is 19.5 Å². The van der Waals surface area contributed by atoms with Crippen molar-refractivity contribution in [2.24, 2.45) is 5.92 Å². The van der Waals surface area contributed by atoms with Crippen LogP contribution in [-0.2, 0) is 19.5 Å². The Bertz CT molecular complexity index is 129. The molecule has 1 aromatic rings. The SMILES string of the molecule is [CH2-]C1CC1.[Zn+2].[c-]1ccccc1. The van der Waals surface area contributed by atoms with E-state index >= 15 is 0 Å². The molecule has 0 N–H and O–H groups in total. The van der Waals surface area contributed by atoms with Gasteiger partial charge >= 0.3 is 19.5 Å². The van der Waals surface area contributed by atoms with Gasteiger partial charge in [0.05, 0.1) is 0 Å². The Balaban J connectivity index is 0.000000177. The van der Waals surface area contributed by atoms with Crippen molar-refractivity contribution < 1.29 is 19.5 Å². The standard InChI is InChI=1S/C6H5.C4H7.Zn/c1-2-4-6-5-3-1;1-4-2-3-4;/h1-5H;4H,1-3H2;/q2*-1;+2. The zero-order valence-electron chi connectivity index (χ0n) is 6.79. The van der Waals surface area contributed by atoms with Crippen LogP contribution in [0.3, 0.4) is 0 Å². The smallest absolute Gasteiger partial charge is 0.340 e. The van der Waals surface area contributed by atoms with Gasteiger partial charge in [0.15, 0.2) is 0 Å². The second kappa shape index (κ2) is 6.55. The third-order valence-electron chi connectivity index (χ3n) is 1.30. The molecule has 0 atom stereocenters. The number of benzene rings is 1. The first kappa shape index (κ1) is 10.8. The largest absolute Gasteiger partial charge is 2.00 e. The van der Waals surface area contributed by atoms with E-state index < -0.39 is 0 Å². The molecule has 54 valence electrons. The first-order chi connectivity index (χ1) is 4.89. The molecule has 1 aromatic carbocycles. The van der Waals surface area contributed by atoms with E-state index in [2.05, 4.69) is 13.0 Å². The number of rotatable bonds is 0. The Morgan fingerprint density at radius 2 is 1.55 bits per heavy atom. The molecule has 0 radical (unpaired) electrons. The molecule has 1 aliphatic rings. The van der Waals surface area contributed by atoms with E-state index in [0.29, 0.717) is 0 Å². The van der Waals surface area contributed by atoms with E-state index in [9.17, 15) is 0 Å². The normalized spacial score (nSPS) is 13.9. The number of hydrogen-bond donors (Lipinski definition) is 0. The van der Waals surface area contributed by atoms with Crippen LogP contribution in [-0.4, -0.2) is 0 Å². The average Bonchev–Trinajstić information content (AvgIpc) is 2.77. The summed E-state index contributed by atoms with van der Waals surface area (Å²) in [5.41, 5.74) is 0. The third-order valence-corrected chi connectivity index (χ3v) is 1.30. The molecule has 0 aromatic heterocycles. The van der Waals surface area contributed by atoms with E-state index in [1.165, 1.54) is 12.8 Å². The van der Waals surface area contributed by atoms with Gasteiger partial charge in [-0.1, -0.05) is 12.8 Å². The predicted molar refractivity (Wildman–Crippen MR) is 43.4 cm³/mol. The van der Waals surface area contributed by atoms with Gasteiger partial charge in [-0.15, -0.1) is 0 Å². The van der Waals surface area contributed by atoms with Crippen molar-refractivity contribution >= 4 is 0 Å². The molecule has 0 nitrogen and oxygen atoms in total. The molecule has 0 spiro atoms. The van der Waals surface area contributed by atoms with E-state index in [4.69, 9.17) is 0 Å². The maximum atomic E-state index is 3.75. The summed E-state index contributed by atoms with van der Waals surface area (Å²) in [5, 5.41) is 0. The zero-order valence-corrected chi connectivity index (χ0v) is 9.76. The van der Waals surface area contributed by atoms with Crippen molar-refractivity contribution in [2.45, 2.75) is 12.8 Å². The molecule has 2 rings (SSSR count). The maximum absolute atomic E-state index is 3.75. The summed E-state index contributed by atoms with van der Waals surface area (Å²) in [6.07, 6.45) is 2.75. The zero-order chi connectivity index (χ0) is 7.23. The minimum absolute atomic E-state index is 0. The van der Waals surface area contributed by atoms with Crippen LogP contribution in [0.1, 0.15) is 12.8 Å². The van der Waals surface area contributed by atoms with Gasteiger partial charge < -0.3 is 6.92 Å². The summed E-state index contributed by atoms with van der Waals surface area (Å²) in [7, 11) is 0. The van der Waals surface area contributed by atoms with E-state index in [0.717, 1.165) is 5.92 Å². The minimum Gasteiger partial charge on any atom is -0.340 e. The molecule has 1 fully saturated rings. The van der Waals surface area contributed by atoms with E-state index in [1.54, 1.807) is 0 Å². The van der Waals surface area contributed by atoms with Crippen molar-refractivity contribution in [3.8, 4) is 0 Å². The van der Waals surface area contributed by atoms with Gasteiger partial charge in [0, 0.05) is 0 Å². The van der Waals surface area contributed by atoms with Crippen LogP contribution in [0.2, 0.25) is 0 Å². The molecule has 1 heteroatoms. The second-order valence-corrected chi connectivity index (χ2v) is 2.52. The summed E-state index contributed by atoms with van der Waals surface area (Å²) >= 11 is 0. The average molecular weight is 198 g/mol. The summed E-state index contributed by atoms with van der Waals surface area (Å²) in [5.74, 6) is 0.833. The molecule has 0 heterocycles. The molecular weight excluding hydrogens is 185 g/mol. The molecule has 0 amide bonds. The molecule has 1 saturated carbocycles. The van der Waals surface area contributed by atoms with Crippen LogP contribution in [0, 0.1) is 18.9 Å². The predicted octanol–water partition coefficient (Wildman–Crippen LogP) is 2.71. The molecule has 1 aliphatic carbocycles. The molecule has 11 heavy (non-hydrogen) atoms. The fourth-order valence-corrected chi connectivity index (χ4v) is 0.460. The minimum atomic E-state index is 0. The molecular formula is C10H12Zn. The van der Waals surface area contributed by atoms with Crippen LogP contribution in [0.4, 0.5) is 0 Å².